The zero-order valence-electron chi connectivity index (χ0n) is 11.7. The lowest BCUT2D eigenvalue weighted by molar-refractivity contribution is -0.159. The van der Waals surface area contributed by atoms with Crippen LogP contribution < -0.4 is 4.74 Å². The van der Waals surface area contributed by atoms with Crippen molar-refractivity contribution in [2.24, 2.45) is 0 Å². The van der Waals surface area contributed by atoms with E-state index in [1.165, 1.54) is 7.11 Å². The third-order valence-electron chi connectivity index (χ3n) is 3.24. The second kappa shape index (κ2) is 6.28. The molecule has 4 nitrogen and oxygen atoms in total. The van der Waals surface area contributed by atoms with Crippen LogP contribution in [-0.2, 0) is 15.1 Å². The van der Waals surface area contributed by atoms with E-state index in [0.717, 1.165) is 0 Å². The Bertz CT molecular complexity index is 642. The van der Waals surface area contributed by atoms with E-state index in [9.17, 15) is 9.90 Å². The molecule has 0 aliphatic rings. The van der Waals surface area contributed by atoms with E-state index in [2.05, 4.69) is 15.9 Å². The van der Waals surface area contributed by atoms with Gasteiger partial charge in [0.1, 0.15) is 5.75 Å². The lowest BCUT2D eigenvalue weighted by Gasteiger charge is -2.27. The normalized spacial score (nSPS) is 13.3. The van der Waals surface area contributed by atoms with E-state index in [0.29, 0.717) is 21.3 Å². The summed E-state index contributed by atoms with van der Waals surface area (Å²) >= 11 is 3.37. The van der Waals surface area contributed by atoms with Gasteiger partial charge in [-0.05, 0) is 17.7 Å². The summed E-state index contributed by atoms with van der Waals surface area (Å²) < 4.78 is 10.5. The molecular weight excluding hydrogens is 336 g/mol. The molecule has 0 aliphatic carbocycles. The Balaban J connectivity index is 2.64. The summed E-state index contributed by atoms with van der Waals surface area (Å²) in [6, 6.07) is 13.7. The van der Waals surface area contributed by atoms with Crippen LogP contribution in [0.2, 0.25) is 0 Å². The molecule has 0 radical (unpaired) electrons. The van der Waals surface area contributed by atoms with Crippen molar-refractivity contribution in [3.63, 3.8) is 0 Å². The molecule has 0 saturated carbocycles. The van der Waals surface area contributed by atoms with Crippen molar-refractivity contribution in [1.82, 2.24) is 0 Å². The standard InChI is InChI=1S/C16H15BrO4/c1-20-12-8-9-13(14(17)10-12)16(19,15(18)21-2)11-6-4-3-5-7-11/h3-10,19H,1-2H3. The Labute approximate surface area is 131 Å². The zero-order valence-corrected chi connectivity index (χ0v) is 13.3. The van der Waals surface area contributed by atoms with Crippen LogP contribution in [0, 0.1) is 0 Å². The molecule has 1 N–H and O–H groups in total. The topological polar surface area (TPSA) is 55.8 Å². The van der Waals surface area contributed by atoms with Gasteiger partial charge < -0.3 is 14.6 Å². The molecule has 0 saturated heterocycles. The average molecular weight is 351 g/mol. The molecule has 0 bridgehead atoms. The summed E-state index contributed by atoms with van der Waals surface area (Å²) in [6.45, 7) is 0. The number of rotatable bonds is 4. The van der Waals surface area contributed by atoms with E-state index in [1.807, 2.05) is 6.07 Å². The third-order valence-corrected chi connectivity index (χ3v) is 3.89. The van der Waals surface area contributed by atoms with Crippen molar-refractivity contribution in [3.8, 4) is 5.75 Å². The second-order valence-electron chi connectivity index (χ2n) is 4.41. The molecule has 2 aromatic rings. The predicted molar refractivity (Wildman–Crippen MR) is 82.2 cm³/mol. The van der Waals surface area contributed by atoms with Crippen LogP contribution in [0.5, 0.6) is 5.75 Å². The maximum Gasteiger partial charge on any atom is 0.347 e. The minimum Gasteiger partial charge on any atom is -0.497 e. The minimum atomic E-state index is -1.89. The Kier molecular flexibility index (Phi) is 4.65. The highest BCUT2D eigenvalue weighted by atomic mass is 79.9. The van der Waals surface area contributed by atoms with E-state index < -0.39 is 11.6 Å². The third kappa shape index (κ3) is 2.80. The van der Waals surface area contributed by atoms with Crippen molar-refractivity contribution in [3.05, 3.63) is 64.1 Å². The Morgan fingerprint density at radius 1 is 1.14 bits per heavy atom. The summed E-state index contributed by atoms with van der Waals surface area (Å²) in [5.41, 5.74) is -1.06. The van der Waals surface area contributed by atoms with Crippen molar-refractivity contribution in [2.45, 2.75) is 5.60 Å². The van der Waals surface area contributed by atoms with Crippen LogP contribution >= 0.6 is 15.9 Å². The highest BCUT2D eigenvalue weighted by molar-refractivity contribution is 9.10. The summed E-state index contributed by atoms with van der Waals surface area (Å²) in [5, 5.41) is 11.0. The molecule has 0 spiro atoms. The van der Waals surface area contributed by atoms with Gasteiger partial charge in [-0.25, -0.2) is 4.79 Å². The van der Waals surface area contributed by atoms with E-state index in [1.54, 1.807) is 49.6 Å². The van der Waals surface area contributed by atoms with Gasteiger partial charge >= 0.3 is 5.97 Å². The molecule has 0 heterocycles. The number of hydrogen-bond donors (Lipinski definition) is 1. The van der Waals surface area contributed by atoms with Gasteiger partial charge in [-0.1, -0.05) is 52.3 Å². The van der Waals surface area contributed by atoms with Crippen molar-refractivity contribution in [1.29, 1.82) is 0 Å². The van der Waals surface area contributed by atoms with E-state index in [-0.39, 0.29) is 0 Å². The number of methoxy groups -OCH3 is 2. The number of esters is 1. The van der Waals surface area contributed by atoms with Crippen molar-refractivity contribution >= 4 is 21.9 Å². The van der Waals surface area contributed by atoms with E-state index >= 15 is 0 Å². The van der Waals surface area contributed by atoms with Gasteiger partial charge in [0.2, 0.25) is 5.60 Å². The average Bonchev–Trinajstić information content (AvgIpc) is 2.54. The Morgan fingerprint density at radius 2 is 1.81 bits per heavy atom. The van der Waals surface area contributed by atoms with Crippen molar-refractivity contribution < 1.29 is 19.4 Å². The van der Waals surface area contributed by atoms with Gasteiger partial charge in [-0.3, -0.25) is 0 Å². The number of benzene rings is 2. The molecule has 0 fully saturated rings. The lowest BCUT2D eigenvalue weighted by Crippen LogP contribution is -2.38. The number of halogens is 1. The number of carbonyl (C=O) groups is 1. The molecule has 5 heteroatoms. The number of ether oxygens (including phenoxy) is 2. The molecular formula is C16H15BrO4. The summed E-state index contributed by atoms with van der Waals surface area (Å²) in [7, 11) is 2.79. The molecule has 0 amide bonds. The quantitative estimate of drug-likeness (QED) is 0.861. The first-order chi connectivity index (χ1) is 10.0. The van der Waals surface area contributed by atoms with Crippen LogP contribution in [0.1, 0.15) is 11.1 Å². The molecule has 110 valence electrons. The van der Waals surface area contributed by atoms with Gasteiger partial charge in [0.25, 0.3) is 0 Å². The zero-order chi connectivity index (χ0) is 15.5. The highest BCUT2D eigenvalue weighted by Gasteiger charge is 2.42. The van der Waals surface area contributed by atoms with Crippen LogP contribution in [0.15, 0.2) is 53.0 Å². The van der Waals surface area contributed by atoms with Gasteiger partial charge in [0.05, 0.1) is 14.2 Å². The Morgan fingerprint density at radius 3 is 2.33 bits per heavy atom. The number of aliphatic hydroxyl groups is 1. The molecule has 0 aromatic heterocycles. The first kappa shape index (κ1) is 15.5. The van der Waals surface area contributed by atoms with Gasteiger partial charge in [0, 0.05) is 10.0 Å². The molecule has 2 rings (SSSR count). The van der Waals surface area contributed by atoms with Crippen LogP contribution in [0.3, 0.4) is 0 Å². The molecule has 2 aromatic carbocycles. The monoisotopic (exact) mass is 350 g/mol. The summed E-state index contributed by atoms with van der Waals surface area (Å²) in [6.07, 6.45) is 0. The lowest BCUT2D eigenvalue weighted by atomic mass is 9.86. The summed E-state index contributed by atoms with van der Waals surface area (Å²) in [5.74, 6) is -0.134. The molecule has 1 unspecified atom stereocenters. The summed E-state index contributed by atoms with van der Waals surface area (Å²) in [4.78, 5) is 12.2. The molecule has 21 heavy (non-hydrogen) atoms. The smallest absolute Gasteiger partial charge is 0.347 e. The highest BCUT2D eigenvalue weighted by Crippen LogP contribution is 2.37. The second-order valence-corrected chi connectivity index (χ2v) is 5.27. The first-order valence-corrected chi connectivity index (χ1v) is 7.03. The maximum absolute atomic E-state index is 12.2. The Hall–Kier alpha value is -1.85. The minimum absolute atomic E-state index is 0.390. The molecule has 1 atom stereocenters. The number of hydrogen-bond acceptors (Lipinski definition) is 4. The fourth-order valence-corrected chi connectivity index (χ4v) is 2.77. The van der Waals surface area contributed by atoms with Gasteiger partial charge in [-0.15, -0.1) is 0 Å². The largest absolute Gasteiger partial charge is 0.497 e. The van der Waals surface area contributed by atoms with Crippen LogP contribution in [0.4, 0.5) is 0 Å². The van der Waals surface area contributed by atoms with Crippen LogP contribution in [-0.4, -0.2) is 25.3 Å². The van der Waals surface area contributed by atoms with Crippen molar-refractivity contribution in [2.75, 3.05) is 14.2 Å². The SMILES string of the molecule is COC(=O)C(O)(c1ccccc1)c1ccc(OC)cc1Br. The first-order valence-electron chi connectivity index (χ1n) is 6.24. The van der Waals surface area contributed by atoms with Gasteiger partial charge in [-0.2, -0.15) is 0 Å². The fraction of sp³-hybridized carbons (Fsp3) is 0.188. The maximum atomic E-state index is 12.2. The number of carbonyl (C=O) groups excluding carboxylic acids is 1. The fourth-order valence-electron chi connectivity index (χ4n) is 2.13. The van der Waals surface area contributed by atoms with Crippen LogP contribution in [0.25, 0.3) is 0 Å². The molecule has 0 aliphatic heterocycles. The van der Waals surface area contributed by atoms with Gasteiger partial charge in [0.15, 0.2) is 0 Å². The predicted octanol–water partition coefficient (Wildman–Crippen LogP) is 2.87. The van der Waals surface area contributed by atoms with E-state index in [4.69, 9.17) is 9.47 Å².